The van der Waals surface area contributed by atoms with Crippen molar-refractivity contribution in [2.24, 2.45) is 0 Å². The summed E-state index contributed by atoms with van der Waals surface area (Å²) in [4.78, 5) is 22.6. The molecular formula is C14H14N4O8S2. The number of nitrogens with one attached hydrogen (secondary N) is 2. The van der Waals surface area contributed by atoms with Gasteiger partial charge in [0.05, 0.1) is 11.4 Å². The average Bonchev–Trinajstić information content (AvgIpc) is 2.56. The number of benzene rings is 2. The molecule has 2 amide bonds. The molecule has 0 saturated carbocycles. The zero-order chi connectivity index (χ0) is 21.3. The van der Waals surface area contributed by atoms with Gasteiger partial charge in [0.2, 0.25) is 0 Å². The van der Waals surface area contributed by atoms with Crippen LogP contribution in [-0.2, 0) is 29.8 Å². The number of hydrogen-bond acceptors (Lipinski definition) is 8. The Bertz CT molecular complexity index is 1080. The van der Waals surface area contributed by atoms with Gasteiger partial charge in [0, 0.05) is 11.4 Å². The zero-order valence-electron chi connectivity index (χ0n) is 13.8. The van der Waals surface area contributed by atoms with Crippen LogP contribution in [0, 0.1) is 0 Å². The molecule has 0 aliphatic heterocycles. The van der Waals surface area contributed by atoms with Gasteiger partial charge in [-0.25, -0.2) is 0 Å². The number of amides is 2. The number of nitrogen functional groups attached to an aromatic ring is 2. The van der Waals surface area contributed by atoms with Crippen LogP contribution >= 0.6 is 0 Å². The van der Waals surface area contributed by atoms with E-state index in [1.807, 2.05) is 10.6 Å². The van der Waals surface area contributed by atoms with E-state index in [4.69, 9.17) is 11.5 Å². The number of hydrogen-bond donors (Lipinski definition) is 6. The molecule has 2 aromatic carbocycles. The van der Waals surface area contributed by atoms with Gasteiger partial charge in [-0.05, 0) is 36.4 Å². The molecule has 0 aliphatic rings. The van der Waals surface area contributed by atoms with E-state index in [1.54, 1.807) is 0 Å². The molecule has 14 heteroatoms. The molecule has 0 aromatic heterocycles. The third-order valence-corrected chi connectivity index (χ3v) is 5.06. The van der Waals surface area contributed by atoms with Crippen molar-refractivity contribution < 1.29 is 35.5 Å². The molecule has 2 aromatic rings. The normalized spacial score (nSPS) is 11.6. The second-order valence-corrected chi connectivity index (χ2v) is 8.15. The summed E-state index contributed by atoms with van der Waals surface area (Å²) in [7, 11) is -9.54. The predicted octanol–water partition coefficient (Wildman–Crippen LogP) is -0.0784. The van der Waals surface area contributed by atoms with Crippen molar-refractivity contribution in [1.29, 1.82) is 0 Å². The minimum atomic E-state index is -4.77. The fourth-order valence-electron chi connectivity index (χ4n) is 2.07. The number of nitrogens with two attached hydrogens (primary N) is 2. The Kier molecular flexibility index (Phi) is 5.60. The van der Waals surface area contributed by atoms with Crippen molar-refractivity contribution in [3.8, 4) is 0 Å². The maximum Gasteiger partial charge on any atom is 0.314 e. The molecule has 0 bridgehead atoms. The molecule has 28 heavy (non-hydrogen) atoms. The summed E-state index contributed by atoms with van der Waals surface area (Å²) < 4.78 is 63.9. The van der Waals surface area contributed by atoms with Crippen LogP contribution in [0.3, 0.4) is 0 Å². The van der Waals surface area contributed by atoms with Gasteiger partial charge in [-0.2, -0.15) is 16.8 Å². The van der Waals surface area contributed by atoms with E-state index < -0.39 is 53.2 Å². The van der Waals surface area contributed by atoms with Gasteiger partial charge in [0.25, 0.3) is 20.2 Å². The van der Waals surface area contributed by atoms with Gasteiger partial charge in [0.15, 0.2) is 0 Å². The third-order valence-electron chi connectivity index (χ3n) is 3.27. The summed E-state index contributed by atoms with van der Waals surface area (Å²) in [6.45, 7) is 0. The first-order chi connectivity index (χ1) is 12.8. The maximum atomic E-state index is 12.0. The van der Waals surface area contributed by atoms with Crippen molar-refractivity contribution in [1.82, 2.24) is 0 Å². The van der Waals surface area contributed by atoms with Crippen LogP contribution in [0.25, 0.3) is 0 Å². The molecule has 0 unspecified atom stereocenters. The quantitative estimate of drug-likeness (QED) is 0.215. The number of carbonyl (C=O) groups excluding carboxylic acids is 2. The summed E-state index contributed by atoms with van der Waals surface area (Å²) in [5.41, 5.74) is 9.91. The molecule has 0 fully saturated rings. The first-order valence-corrected chi connectivity index (χ1v) is 10.0. The van der Waals surface area contributed by atoms with Gasteiger partial charge in [0.1, 0.15) is 9.79 Å². The highest BCUT2D eigenvalue weighted by atomic mass is 32.2. The second-order valence-electron chi connectivity index (χ2n) is 5.37. The lowest BCUT2D eigenvalue weighted by atomic mass is 10.2. The first kappa shape index (κ1) is 21.1. The molecule has 2 rings (SSSR count). The number of carbonyl (C=O) groups is 2. The Morgan fingerprint density at radius 2 is 1.04 bits per heavy atom. The van der Waals surface area contributed by atoms with Crippen molar-refractivity contribution in [2.45, 2.75) is 9.79 Å². The Balaban J connectivity index is 2.31. The zero-order valence-corrected chi connectivity index (χ0v) is 15.4. The third kappa shape index (κ3) is 4.95. The Hall–Kier alpha value is -3.20. The van der Waals surface area contributed by atoms with E-state index in [1.165, 1.54) is 12.1 Å². The fraction of sp³-hybridized carbons (Fsp3) is 0. The van der Waals surface area contributed by atoms with Crippen LogP contribution in [0.2, 0.25) is 0 Å². The molecular weight excluding hydrogens is 416 g/mol. The molecule has 8 N–H and O–H groups in total. The topological polar surface area (TPSA) is 219 Å². The van der Waals surface area contributed by atoms with Gasteiger partial charge in [-0.15, -0.1) is 0 Å². The highest BCUT2D eigenvalue weighted by Crippen LogP contribution is 2.25. The standard InChI is InChI=1S/C14H14N4O8S2/c15-7-1-3-9(11(5-7)27(21,22)23)17-13(19)14(20)18-10-4-2-8(16)6-12(10)28(24,25)26/h1-6H,15-16H2,(H,17,19)(H,18,20)(H,21,22,23)(H,24,25,26). The van der Waals surface area contributed by atoms with Crippen LogP contribution in [0.5, 0.6) is 0 Å². The van der Waals surface area contributed by atoms with E-state index in [0.717, 1.165) is 24.3 Å². The van der Waals surface area contributed by atoms with Crippen molar-refractivity contribution in [2.75, 3.05) is 22.1 Å². The maximum absolute atomic E-state index is 12.0. The molecule has 0 heterocycles. The van der Waals surface area contributed by atoms with E-state index in [2.05, 4.69) is 0 Å². The Labute approximate surface area is 159 Å². The van der Waals surface area contributed by atoms with E-state index in [-0.39, 0.29) is 11.4 Å². The van der Waals surface area contributed by atoms with Gasteiger partial charge in [-0.1, -0.05) is 0 Å². The number of rotatable bonds is 4. The van der Waals surface area contributed by atoms with E-state index in [0.29, 0.717) is 0 Å². The smallest absolute Gasteiger partial charge is 0.314 e. The highest BCUT2D eigenvalue weighted by Gasteiger charge is 2.23. The van der Waals surface area contributed by atoms with Gasteiger partial charge < -0.3 is 22.1 Å². The van der Waals surface area contributed by atoms with Crippen molar-refractivity contribution in [3.05, 3.63) is 36.4 Å². The largest absolute Gasteiger partial charge is 0.399 e. The summed E-state index contributed by atoms with van der Waals surface area (Å²) >= 11 is 0. The highest BCUT2D eigenvalue weighted by molar-refractivity contribution is 7.86. The van der Waals surface area contributed by atoms with Crippen LogP contribution in [0.4, 0.5) is 22.7 Å². The van der Waals surface area contributed by atoms with E-state index in [9.17, 15) is 35.5 Å². The molecule has 0 aliphatic carbocycles. The summed E-state index contributed by atoms with van der Waals surface area (Å²) in [5, 5.41) is 3.90. The number of anilines is 4. The molecule has 12 nitrogen and oxygen atoms in total. The first-order valence-electron chi connectivity index (χ1n) is 7.15. The van der Waals surface area contributed by atoms with Crippen LogP contribution in [0.15, 0.2) is 46.2 Å². The van der Waals surface area contributed by atoms with Crippen LogP contribution in [0.1, 0.15) is 0 Å². The van der Waals surface area contributed by atoms with Crippen molar-refractivity contribution in [3.63, 3.8) is 0 Å². The molecule has 0 saturated heterocycles. The van der Waals surface area contributed by atoms with Crippen LogP contribution < -0.4 is 22.1 Å². The van der Waals surface area contributed by atoms with Crippen LogP contribution in [-0.4, -0.2) is 37.8 Å². The molecule has 0 radical (unpaired) electrons. The fourth-order valence-corrected chi connectivity index (χ4v) is 3.43. The molecule has 0 atom stereocenters. The summed E-state index contributed by atoms with van der Waals surface area (Å²) in [6.07, 6.45) is 0. The molecule has 150 valence electrons. The minimum Gasteiger partial charge on any atom is -0.399 e. The van der Waals surface area contributed by atoms with Gasteiger partial charge in [-0.3, -0.25) is 18.7 Å². The van der Waals surface area contributed by atoms with Gasteiger partial charge >= 0.3 is 11.8 Å². The predicted molar refractivity (Wildman–Crippen MR) is 98.6 cm³/mol. The Morgan fingerprint density at radius 1 is 0.714 bits per heavy atom. The summed E-state index contributed by atoms with van der Waals surface area (Å²) in [6, 6.07) is 6.21. The summed E-state index contributed by atoms with van der Waals surface area (Å²) in [5.74, 6) is -2.79. The SMILES string of the molecule is Nc1ccc(NC(=O)C(=O)Nc2ccc(N)cc2S(=O)(=O)O)c(S(=O)(=O)O)c1. The molecule has 0 spiro atoms. The average molecular weight is 430 g/mol. The minimum absolute atomic E-state index is 0.0326. The van der Waals surface area contributed by atoms with E-state index >= 15 is 0 Å². The Morgan fingerprint density at radius 3 is 1.32 bits per heavy atom. The lowest BCUT2D eigenvalue weighted by Crippen LogP contribution is -2.30. The monoisotopic (exact) mass is 430 g/mol. The second kappa shape index (κ2) is 7.43. The van der Waals surface area contributed by atoms with Crippen molar-refractivity contribution >= 4 is 54.8 Å². The lowest BCUT2D eigenvalue weighted by Gasteiger charge is -2.12. The lowest BCUT2D eigenvalue weighted by molar-refractivity contribution is -0.133.